The standard InChI is InChI=1S/C6H13NO2.ClH/c8-4-5-3-6(9)1-2-7-5;/h5-9H,1-4H2;1H/t5-,6-;/m1./s1. The monoisotopic (exact) mass is 167 g/mol. The van der Waals surface area contributed by atoms with Crippen molar-refractivity contribution in [1.29, 1.82) is 0 Å². The Hall–Kier alpha value is 0.170. The molecule has 1 fully saturated rings. The number of aliphatic hydroxyl groups is 2. The van der Waals surface area contributed by atoms with Crippen molar-refractivity contribution in [1.82, 2.24) is 5.32 Å². The van der Waals surface area contributed by atoms with Crippen molar-refractivity contribution < 1.29 is 10.2 Å². The zero-order valence-electron chi connectivity index (χ0n) is 5.79. The van der Waals surface area contributed by atoms with Crippen LogP contribution < -0.4 is 5.32 Å². The molecule has 3 nitrogen and oxygen atoms in total. The Morgan fingerprint density at radius 3 is 2.60 bits per heavy atom. The lowest BCUT2D eigenvalue weighted by molar-refractivity contribution is 0.0956. The topological polar surface area (TPSA) is 52.5 Å². The van der Waals surface area contributed by atoms with Gasteiger partial charge in [0.25, 0.3) is 0 Å². The molecule has 4 heteroatoms. The Labute approximate surface area is 66.8 Å². The zero-order valence-corrected chi connectivity index (χ0v) is 6.60. The van der Waals surface area contributed by atoms with E-state index < -0.39 is 0 Å². The second-order valence-electron chi connectivity index (χ2n) is 2.51. The molecule has 10 heavy (non-hydrogen) atoms. The largest absolute Gasteiger partial charge is 0.395 e. The third-order valence-electron chi connectivity index (χ3n) is 1.69. The molecule has 0 aromatic heterocycles. The van der Waals surface area contributed by atoms with Crippen LogP contribution in [-0.2, 0) is 0 Å². The molecule has 0 spiro atoms. The van der Waals surface area contributed by atoms with Crippen LogP contribution >= 0.6 is 12.4 Å². The molecule has 1 aliphatic heterocycles. The van der Waals surface area contributed by atoms with E-state index in [1.165, 1.54) is 0 Å². The van der Waals surface area contributed by atoms with Crippen LogP contribution in [0.4, 0.5) is 0 Å². The van der Waals surface area contributed by atoms with Gasteiger partial charge in [-0.15, -0.1) is 12.4 Å². The molecular formula is C6H14ClNO2. The number of nitrogens with one attached hydrogen (secondary N) is 1. The van der Waals surface area contributed by atoms with Gasteiger partial charge in [0, 0.05) is 6.04 Å². The van der Waals surface area contributed by atoms with Crippen LogP contribution in [0.25, 0.3) is 0 Å². The first-order chi connectivity index (χ1) is 4.33. The van der Waals surface area contributed by atoms with Gasteiger partial charge in [-0.3, -0.25) is 0 Å². The molecule has 2 atom stereocenters. The van der Waals surface area contributed by atoms with Crippen LogP contribution in [0.5, 0.6) is 0 Å². The highest BCUT2D eigenvalue weighted by atomic mass is 35.5. The lowest BCUT2D eigenvalue weighted by Gasteiger charge is -2.25. The second-order valence-corrected chi connectivity index (χ2v) is 2.51. The summed E-state index contributed by atoms with van der Waals surface area (Å²) in [6, 6.07) is 0.119. The minimum atomic E-state index is -0.205. The number of hydrogen-bond donors (Lipinski definition) is 3. The number of piperidine rings is 1. The lowest BCUT2D eigenvalue weighted by atomic mass is 10.0. The SMILES string of the molecule is Cl.OC[C@H]1C[C@H](O)CCN1. The van der Waals surface area contributed by atoms with E-state index in [2.05, 4.69) is 5.32 Å². The summed E-state index contributed by atoms with van der Waals surface area (Å²) in [7, 11) is 0. The van der Waals surface area contributed by atoms with E-state index >= 15 is 0 Å². The van der Waals surface area contributed by atoms with E-state index in [0.29, 0.717) is 6.42 Å². The van der Waals surface area contributed by atoms with Gasteiger partial charge in [0.15, 0.2) is 0 Å². The van der Waals surface area contributed by atoms with Crippen molar-refractivity contribution in [2.45, 2.75) is 25.0 Å². The predicted octanol–water partition coefficient (Wildman–Crippen LogP) is -0.487. The molecule has 0 aromatic rings. The van der Waals surface area contributed by atoms with Crippen LogP contribution in [0.15, 0.2) is 0 Å². The Morgan fingerprint density at radius 1 is 1.50 bits per heavy atom. The van der Waals surface area contributed by atoms with Crippen molar-refractivity contribution in [3.05, 3.63) is 0 Å². The van der Waals surface area contributed by atoms with Gasteiger partial charge in [0.2, 0.25) is 0 Å². The van der Waals surface area contributed by atoms with Crippen LogP contribution in [0, 0.1) is 0 Å². The van der Waals surface area contributed by atoms with Gasteiger partial charge in [0.05, 0.1) is 12.7 Å². The molecule has 0 bridgehead atoms. The molecule has 0 radical (unpaired) electrons. The summed E-state index contributed by atoms with van der Waals surface area (Å²) in [5.41, 5.74) is 0. The second kappa shape index (κ2) is 4.91. The molecule has 1 saturated heterocycles. The molecule has 0 aliphatic carbocycles. The van der Waals surface area contributed by atoms with E-state index in [9.17, 15) is 0 Å². The van der Waals surface area contributed by atoms with Gasteiger partial charge in [-0.2, -0.15) is 0 Å². The summed E-state index contributed by atoms with van der Waals surface area (Å²) in [4.78, 5) is 0. The van der Waals surface area contributed by atoms with E-state index in [1.807, 2.05) is 0 Å². The first-order valence-corrected chi connectivity index (χ1v) is 3.35. The van der Waals surface area contributed by atoms with E-state index in [4.69, 9.17) is 10.2 Å². The maximum atomic E-state index is 9.06. The highest BCUT2D eigenvalue weighted by Crippen LogP contribution is 2.06. The Bertz CT molecular complexity index is 91.8. The molecule has 0 unspecified atom stereocenters. The van der Waals surface area contributed by atoms with Crippen LogP contribution in [0.2, 0.25) is 0 Å². The minimum Gasteiger partial charge on any atom is -0.395 e. The lowest BCUT2D eigenvalue weighted by Crippen LogP contribution is -2.42. The molecule has 0 amide bonds. The number of aliphatic hydroxyl groups excluding tert-OH is 2. The quantitative estimate of drug-likeness (QED) is 0.494. The molecule has 1 rings (SSSR count). The van der Waals surface area contributed by atoms with Gasteiger partial charge in [-0.05, 0) is 19.4 Å². The third kappa shape index (κ3) is 2.84. The van der Waals surface area contributed by atoms with Crippen LogP contribution in [0.3, 0.4) is 0 Å². The highest BCUT2D eigenvalue weighted by Gasteiger charge is 2.17. The molecule has 1 aliphatic rings. The molecular weight excluding hydrogens is 154 g/mol. The predicted molar refractivity (Wildman–Crippen MR) is 41.4 cm³/mol. The fraction of sp³-hybridized carbons (Fsp3) is 1.00. The van der Waals surface area contributed by atoms with Gasteiger partial charge in [0.1, 0.15) is 0 Å². The third-order valence-corrected chi connectivity index (χ3v) is 1.69. The van der Waals surface area contributed by atoms with Crippen LogP contribution in [0.1, 0.15) is 12.8 Å². The molecule has 1 heterocycles. The van der Waals surface area contributed by atoms with E-state index in [0.717, 1.165) is 13.0 Å². The average molecular weight is 168 g/mol. The van der Waals surface area contributed by atoms with Gasteiger partial charge < -0.3 is 15.5 Å². The number of rotatable bonds is 1. The summed E-state index contributed by atoms with van der Waals surface area (Å²) in [5, 5.41) is 20.8. The van der Waals surface area contributed by atoms with Gasteiger partial charge in [-0.1, -0.05) is 0 Å². The van der Waals surface area contributed by atoms with Gasteiger partial charge >= 0.3 is 0 Å². The summed E-state index contributed by atoms with van der Waals surface area (Å²) in [5.74, 6) is 0. The Balaban J connectivity index is 0.000000810. The fourth-order valence-electron chi connectivity index (χ4n) is 1.12. The zero-order chi connectivity index (χ0) is 6.69. The summed E-state index contributed by atoms with van der Waals surface area (Å²) >= 11 is 0. The smallest absolute Gasteiger partial charge is 0.0585 e. The normalized spacial score (nSPS) is 33.0. The van der Waals surface area contributed by atoms with Crippen molar-refractivity contribution in [3.63, 3.8) is 0 Å². The Kier molecular flexibility index (Phi) is 4.99. The minimum absolute atomic E-state index is 0. The maximum absolute atomic E-state index is 9.06. The summed E-state index contributed by atoms with van der Waals surface area (Å²) in [6.07, 6.45) is 1.30. The number of halogens is 1. The van der Waals surface area contributed by atoms with Gasteiger partial charge in [-0.25, -0.2) is 0 Å². The van der Waals surface area contributed by atoms with Crippen LogP contribution in [-0.4, -0.2) is 35.5 Å². The number of hydrogen-bond acceptors (Lipinski definition) is 3. The van der Waals surface area contributed by atoms with Crippen molar-refractivity contribution in [2.75, 3.05) is 13.2 Å². The van der Waals surface area contributed by atoms with Crippen molar-refractivity contribution in [2.24, 2.45) is 0 Å². The van der Waals surface area contributed by atoms with E-state index in [-0.39, 0.29) is 31.2 Å². The molecule has 3 N–H and O–H groups in total. The summed E-state index contributed by atoms with van der Waals surface area (Å²) < 4.78 is 0. The summed E-state index contributed by atoms with van der Waals surface area (Å²) in [6.45, 7) is 0.962. The molecule has 62 valence electrons. The first kappa shape index (κ1) is 10.2. The van der Waals surface area contributed by atoms with Crippen molar-refractivity contribution in [3.8, 4) is 0 Å². The average Bonchev–Trinajstić information content (AvgIpc) is 1.88. The maximum Gasteiger partial charge on any atom is 0.0585 e. The highest BCUT2D eigenvalue weighted by molar-refractivity contribution is 5.85. The first-order valence-electron chi connectivity index (χ1n) is 3.35. The van der Waals surface area contributed by atoms with E-state index in [1.54, 1.807) is 0 Å². The van der Waals surface area contributed by atoms with Crippen molar-refractivity contribution >= 4 is 12.4 Å². The molecule has 0 aromatic carbocycles. The fourth-order valence-corrected chi connectivity index (χ4v) is 1.12. The Morgan fingerprint density at radius 2 is 2.20 bits per heavy atom. The molecule has 0 saturated carbocycles.